The van der Waals surface area contributed by atoms with E-state index in [-0.39, 0.29) is 0 Å². The standard InChI is InChI=1S/C14H24S/c1-2-3-4-5-6-7-8-9-10-11-12-13-14-15/h5-10,15H,2-4,11-14H2,1H3/b6-5-,8-7+,10-9+. The molecule has 0 aromatic carbocycles. The molecule has 0 aliphatic carbocycles. The molecule has 0 rings (SSSR count). The van der Waals surface area contributed by atoms with Crippen molar-refractivity contribution >= 4 is 12.6 Å². The first kappa shape index (κ1) is 14.6. The van der Waals surface area contributed by atoms with Gasteiger partial charge in [-0.3, -0.25) is 0 Å². The van der Waals surface area contributed by atoms with Crippen LogP contribution < -0.4 is 0 Å². The van der Waals surface area contributed by atoms with Crippen LogP contribution in [0.25, 0.3) is 0 Å². The second kappa shape index (κ2) is 13.6. The van der Waals surface area contributed by atoms with Crippen LogP contribution in [0.2, 0.25) is 0 Å². The molecule has 0 aromatic heterocycles. The molecular weight excluding hydrogens is 200 g/mol. The van der Waals surface area contributed by atoms with Crippen LogP contribution in [0.5, 0.6) is 0 Å². The lowest BCUT2D eigenvalue weighted by Gasteiger charge is -1.89. The van der Waals surface area contributed by atoms with E-state index >= 15 is 0 Å². The molecule has 0 atom stereocenters. The van der Waals surface area contributed by atoms with Crippen molar-refractivity contribution in [3.8, 4) is 0 Å². The van der Waals surface area contributed by atoms with Gasteiger partial charge in [0.05, 0.1) is 0 Å². The van der Waals surface area contributed by atoms with Crippen molar-refractivity contribution in [1.29, 1.82) is 0 Å². The Kier molecular flexibility index (Phi) is 13.2. The number of hydrogen-bond acceptors (Lipinski definition) is 1. The zero-order valence-corrected chi connectivity index (χ0v) is 10.8. The normalized spacial score (nSPS) is 12.4. The van der Waals surface area contributed by atoms with E-state index in [1.165, 1.54) is 38.5 Å². The van der Waals surface area contributed by atoms with Crippen molar-refractivity contribution in [3.63, 3.8) is 0 Å². The first-order chi connectivity index (χ1) is 7.41. The van der Waals surface area contributed by atoms with Gasteiger partial charge in [0, 0.05) is 0 Å². The molecule has 0 aliphatic heterocycles. The lowest BCUT2D eigenvalue weighted by atomic mass is 10.2. The topological polar surface area (TPSA) is 0 Å². The number of rotatable bonds is 9. The van der Waals surface area contributed by atoms with Gasteiger partial charge in [-0.15, -0.1) is 0 Å². The fraction of sp³-hybridized carbons (Fsp3) is 0.571. The van der Waals surface area contributed by atoms with Gasteiger partial charge in [-0.05, 0) is 31.4 Å². The van der Waals surface area contributed by atoms with E-state index in [1.54, 1.807) is 0 Å². The second-order valence-corrected chi connectivity index (χ2v) is 4.05. The quantitative estimate of drug-likeness (QED) is 0.320. The third-order valence-electron chi connectivity index (χ3n) is 2.11. The highest BCUT2D eigenvalue weighted by atomic mass is 32.1. The van der Waals surface area contributed by atoms with Gasteiger partial charge in [-0.1, -0.05) is 56.2 Å². The predicted octanol–water partition coefficient (Wildman–Crippen LogP) is 4.95. The third-order valence-corrected chi connectivity index (χ3v) is 2.42. The van der Waals surface area contributed by atoms with E-state index in [0.717, 1.165) is 5.75 Å². The van der Waals surface area contributed by atoms with Crippen LogP contribution in [0.4, 0.5) is 0 Å². The average Bonchev–Trinajstić information content (AvgIpc) is 2.26. The maximum atomic E-state index is 4.17. The Balaban J connectivity index is 3.32. The van der Waals surface area contributed by atoms with Crippen LogP contribution in [0, 0.1) is 0 Å². The Bertz CT molecular complexity index is 190. The van der Waals surface area contributed by atoms with Crippen LogP contribution in [0.15, 0.2) is 36.5 Å². The molecule has 0 heterocycles. The minimum atomic E-state index is 1.00. The molecule has 0 spiro atoms. The van der Waals surface area contributed by atoms with E-state index in [9.17, 15) is 0 Å². The molecule has 0 radical (unpaired) electrons. The Hall–Kier alpha value is -0.430. The SMILES string of the molecule is CCCC\C=C/C=C/C=C/CCCCS. The lowest BCUT2D eigenvalue weighted by Crippen LogP contribution is -1.73. The summed E-state index contributed by atoms with van der Waals surface area (Å²) in [7, 11) is 0. The highest BCUT2D eigenvalue weighted by Crippen LogP contribution is 1.98. The number of hydrogen-bond donors (Lipinski definition) is 1. The van der Waals surface area contributed by atoms with Crippen molar-refractivity contribution in [3.05, 3.63) is 36.5 Å². The molecule has 15 heavy (non-hydrogen) atoms. The molecule has 0 aromatic rings. The summed E-state index contributed by atoms with van der Waals surface area (Å²) < 4.78 is 0. The Morgan fingerprint density at radius 2 is 1.40 bits per heavy atom. The van der Waals surface area contributed by atoms with Crippen LogP contribution in [-0.4, -0.2) is 5.75 Å². The van der Waals surface area contributed by atoms with E-state index in [0.29, 0.717) is 0 Å². The van der Waals surface area contributed by atoms with E-state index in [1.807, 2.05) is 0 Å². The maximum absolute atomic E-state index is 4.17. The molecule has 0 saturated carbocycles. The molecule has 0 nitrogen and oxygen atoms in total. The molecular formula is C14H24S. The Morgan fingerprint density at radius 3 is 1.93 bits per heavy atom. The minimum Gasteiger partial charge on any atom is -0.179 e. The van der Waals surface area contributed by atoms with Crippen LogP contribution in [0.1, 0.15) is 45.4 Å². The first-order valence-electron chi connectivity index (χ1n) is 6.01. The summed E-state index contributed by atoms with van der Waals surface area (Å²) in [4.78, 5) is 0. The molecule has 0 unspecified atom stereocenters. The van der Waals surface area contributed by atoms with E-state index in [2.05, 4.69) is 56.0 Å². The number of unbranched alkanes of at least 4 members (excludes halogenated alkanes) is 4. The van der Waals surface area contributed by atoms with Gasteiger partial charge < -0.3 is 0 Å². The van der Waals surface area contributed by atoms with E-state index < -0.39 is 0 Å². The van der Waals surface area contributed by atoms with Crippen molar-refractivity contribution in [2.45, 2.75) is 45.4 Å². The Morgan fingerprint density at radius 1 is 0.800 bits per heavy atom. The molecule has 86 valence electrons. The summed E-state index contributed by atoms with van der Waals surface area (Å²) in [6.07, 6.45) is 20.3. The van der Waals surface area contributed by atoms with Crippen molar-refractivity contribution in [2.75, 3.05) is 5.75 Å². The molecule has 0 N–H and O–H groups in total. The minimum absolute atomic E-state index is 1.00. The van der Waals surface area contributed by atoms with Crippen molar-refractivity contribution in [1.82, 2.24) is 0 Å². The molecule has 0 saturated heterocycles. The summed E-state index contributed by atoms with van der Waals surface area (Å²) in [5, 5.41) is 0. The first-order valence-corrected chi connectivity index (χ1v) is 6.64. The van der Waals surface area contributed by atoms with Gasteiger partial charge in [-0.25, -0.2) is 0 Å². The van der Waals surface area contributed by atoms with Crippen LogP contribution in [0.3, 0.4) is 0 Å². The highest BCUT2D eigenvalue weighted by Gasteiger charge is 1.80. The van der Waals surface area contributed by atoms with Crippen molar-refractivity contribution in [2.24, 2.45) is 0 Å². The summed E-state index contributed by atoms with van der Waals surface area (Å²) in [6, 6.07) is 0. The largest absolute Gasteiger partial charge is 0.179 e. The van der Waals surface area contributed by atoms with Gasteiger partial charge in [0.2, 0.25) is 0 Å². The lowest BCUT2D eigenvalue weighted by molar-refractivity contribution is 0.815. The van der Waals surface area contributed by atoms with Crippen LogP contribution >= 0.6 is 12.6 Å². The Labute approximate surface area is 101 Å². The number of thiol groups is 1. The number of allylic oxidation sites excluding steroid dienone is 6. The second-order valence-electron chi connectivity index (χ2n) is 3.60. The summed E-state index contributed by atoms with van der Waals surface area (Å²) in [5.41, 5.74) is 0. The van der Waals surface area contributed by atoms with Crippen LogP contribution in [-0.2, 0) is 0 Å². The monoisotopic (exact) mass is 224 g/mol. The predicted molar refractivity (Wildman–Crippen MR) is 74.6 cm³/mol. The summed E-state index contributed by atoms with van der Waals surface area (Å²) in [5.74, 6) is 1.00. The molecule has 0 aliphatic rings. The average molecular weight is 224 g/mol. The van der Waals surface area contributed by atoms with Gasteiger partial charge in [0.1, 0.15) is 0 Å². The zero-order chi connectivity index (χ0) is 11.2. The fourth-order valence-electron chi connectivity index (χ4n) is 1.17. The molecule has 0 fully saturated rings. The maximum Gasteiger partial charge on any atom is -0.00978 e. The zero-order valence-electron chi connectivity index (χ0n) is 9.86. The third kappa shape index (κ3) is 13.6. The van der Waals surface area contributed by atoms with Gasteiger partial charge in [0.15, 0.2) is 0 Å². The molecule has 0 amide bonds. The van der Waals surface area contributed by atoms with Crippen molar-refractivity contribution < 1.29 is 0 Å². The molecule has 0 bridgehead atoms. The smallest absolute Gasteiger partial charge is 0.00978 e. The van der Waals surface area contributed by atoms with Gasteiger partial charge >= 0.3 is 0 Å². The van der Waals surface area contributed by atoms with Gasteiger partial charge in [0.25, 0.3) is 0 Å². The summed E-state index contributed by atoms with van der Waals surface area (Å²) in [6.45, 7) is 2.22. The summed E-state index contributed by atoms with van der Waals surface area (Å²) >= 11 is 4.17. The highest BCUT2D eigenvalue weighted by molar-refractivity contribution is 7.80. The van der Waals surface area contributed by atoms with Gasteiger partial charge in [-0.2, -0.15) is 12.6 Å². The fourth-order valence-corrected chi connectivity index (χ4v) is 1.40. The van der Waals surface area contributed by atoms with E-state index in [4.69, 9.17) is 0 Å². The molecule has 1 heteroatoms.